The van der Waals surface area contributed by atoms with Crippen LogP contribution in [0, 0.1) is 0 Å². The molecule has 0 fully saturated rings. The summed E-state index contributed by atoms with van der Waals surface area (Å²) in [6, 6.07) is 5.16. The van der Waals surface area contributed by atoms with Crippen LogP contribution in [0.5, 0.6) is 0 Å². The van der Waals surface area contributed by atoms with Crippen LogP contribution in [0.4, 0.5) is 0 Å². The summed E-state index contributed by atoms with van der Waals surface area (Å²) in [4.78, 5) is 0.157. The van der Waals surface area contributed by atoms with Crippen molar-refractivity contribution in [1.29, 1.82) is 0 Å². The largest absolute Gasteiger partial charge is 0.326 e. The minimum Gasteiger partial charge on any atom is -0.326 e. The average Bonchev–Trinajstić information content (AvgIpc) is 2.27. The molecule has 6 heteroatoms. The second kappa shape index (κ2) is 5.06. The lowest BCUT2D eigenvalue weighted by molar-refractivity contribution is 0.571. The molecule has 17 heavy (non-hydrogen) atoms. The van der Waals surface area contributed by atoms with Crippen LogP contribution in [0.15, 0.2) is 23.1 Å². The van der Waals surface area contributed by atoms with Gasteiger partial charge in [-0.15, -0.1) is 0 Å². The van der Waals surface area contributed by atoms with Gasteiger partial charge in [0.25, 0.3) is 0 Å². The third-order valence-corrected chi connectivity index (χ3v) is 5.00. The van der Waals surface area contributed by atoms with Crippen molar-refractivity contribution in [2.45, 2.75) is 30.7 Å². The number of hydrogen-bond acceptors (Lipinski definition) is 3. The van der Waals surface area contributed by atoms with E-state index < -0.39 is 10.0 Å². The molecule has 0 amide bonds. The van der Waals surface area contributed by atoms with Gasteiger partial charge in [-0.1, -0.05) is 41.9 Å². The van der Waals surface area contributed by atoms with E-state index in [0.29, 0.717) is 10.9 Å². The summed E-state index contributed by atoms with van der Waals surface area (Å²) >= 11 is 3.38. The molecule has 96 valence electrons. The molecule has 0 unspecified atom stereocenters. The highest BCUT2D eigenvalue weighted by molar-refractivity contribution is 9.09. The third-order valence-electron chi connectivity index (χ3n) is 2.65. The summed E-state index contributed by atoms with van der Waals surface area (Å²) in [5.41, 5.74) is 6.65. The first kappa shape index (κ1) is 14.6. The van der Waals surface area contributed by atoms with Crippen molar-refractivity contribution in [2.75, 3.05) is 5.33 Å². The van der Waals surface area contributed by atoms with Gasteiger partial charge >= 0.3 is 0 Å². The number of benzene rings is 1. The monoisotopic (exact) mass is 320 g/mol. The van der Waals surface area contributed by atoms with Crippen LogP contribution in [-0.4, -0.2) is 13.7 Å². The molecule has 0 aromatic heterocycles. The van der Waals surface area contributed by atoms with Gasteiger partial charge in [0.1, 0.15) is 0 Å². The molecule has 0 bridgehead atoms. The van der Waals surface area contributed by atoms with Gasteiger partial charge in [-0.25, -0.2) is 13.6 Å². The molecule has 1 rings (SSSR count). The Kier molecular flexibility index (Phi) is 4.35. The van der Waals surface area contributed by atoms with E-state index in [0.717, 1.165) is 5.56 Å². The minimum absolute atomic E-state index is 0.157. The topological polar surface area (TPSA) is 86.2 Å². The van der Waals surface area contributed by atoms with E-state index in [2.05, 4.69) is 15.9 Å². The molecular weight excluding hydrogens is 304 g/mol. The molecule has 0 spiro atoms. The Hall–Kier alpha value is -0.430. The summed E-state index contributed by atoms with van der Waals surface area (Å²) in [6.45, 7) is 4.19. The van der Waals surface area contributed by atoms with Crippen molar-refractivity contribution < 1.29 is 8.42 Å². The van der Waals surface area contributed by atoms with E-state index in [4.69, 9.17) is 10.9 Å². The Labute approximate surface area is 111 Å². The van der Waals surface area contributed by atoms with Crippen LogP contribution in [0.3, 0.4) is 0 Å². The number of rotatable bonds is 4. The molecule has 0 aliphatic heterocycles. The normalized spacial score (nSPS) is 12.8. The maximum Gasteiger partial charge on any atom is 0.238 e. The van der Waals surface area contributed by atoms with Crippen molar-refractivity contribution in [1.82, 2.24) is 0 Å². The number of primary sulfonamides is 1. The lowest BCUT2D eigenvalue weighted by Gasteiger charge is -2.25. The quantitative estimate of drug-likeness (QED) is 0.823. The van der Waals surface area contributed by atoms with Crippen molar-refractivity contribution in [3.05, 3.63) is 29.3 Å². The average molecular weight is 321 g/mol. The first-order chi connectivity index (χ1) is 7.72. The Balaban J connectivity index is 3.52. The highest BCUT2D eigenvalue weighted by Gasteiger charge is 2.26. The second-order valence-corrected chi connectivity index (χ2v) is 6.69. The number of alkyl halides is 1. The SMILES string of the molecule is CC(C)(CBr)c1ccc(CN)cc1S(N)(=O)=O. The highest BCUT2D eigenvalue weighted by Crippen LogP contribution is 2.31. The minimum atomic E-state index is -3.74. The van der Waals surface area contributed by atoms with Gasteiger partial charge in [0.05, 0.1) is 4.90 Å². The molecule has 1 aromatic rings. The zero-order valence-corrected chi connectivity index (χ0v) is 12.3. The molecule has 1 aromatic carbocycles. The van der Waals surface area contributed by atoms with Crippen LogP contribution in [0.25, 0.3) is 0 Å². The van der Waals surface area contributed by atoms with Crippen molar-refractivity contribution in [3.63, 3.8) is 0 Å². The number of sulfonamides is 1. The summed E-state index contributed by atoms with van der Waals surface area (Å²) < 4.78 is 23.2. The smallest absolute Gasteiger partial charge is 0.238 e. The van der Waals surface area contributed by atoms with E-state index in [1.54, 1.807) is 12.1 Å². The first-order valence-electron chi connectivity index (χ1n) is 5.14. The fourth-order valence-electron chi connectivity index (χ4n) is 1.56. The molecule has 0 saturated carbocycles. The van der Waals surface area contributed by atoms with Gasteiger partial charge in [0, 0.05) is 17.3 Å². The lowest BCUT2D eigenvalue weighted by Crippen LogP contribution is -2.25. The van der Waals surface area contributed by atoms with E-state index in [1.165, 1.54) is 0 Å². The fraction of sp³-hybridized carbons (Fsp3) is 0.455. The van der Waals surface area contributed by atoms with Crippen molar-refractivity contribution in [3.8, 4) is 0 Å². The van der Waals surface area contributed by atoms with Crippen LogP contribution in [0.2, 0.25) is 0 Å². The first-order valence-corrected chi connectivity index (χ1v) is 7.81. The molecular formula is C11H17BrN2O2S. The molecule has 0 radical (unpaired) electrons. The molecule has 0 heterocycles. The zero-order chi connectivity index (χ0) is 13.3. The number of nitrogens with two attached hydrogens (primary N) is 2. The Morgan fingerprint density at radius 1 is 1.35 bits per heavy atom. The molecule has 0 atom stereocenters. The van der Waals surface area contributed by atoms with Gasteiger partial charge in [0.15, 0.2) is 0 Å². The van der Waals surface area contributed by atoms with Gasteiger partial charge in [-0.2, -0.15) is 0 Å². The zero-order valence-electron chi connectivity index (χ0n) is 9.90. The highest BCUT2D eigenvalue weighted by atomic mass is 79.9. The molecule has 4 N–H and O–H groups in total. The van der Waals surface area contributed by atoms with Crippen LogP contribution >= 0.6 is 15.9 Å². The predicted molar refractivity (Wildman–Crippen MR) is 72.5 cm³/mol. The lowest BCUT2D eigenvalue weighted by atomic mass is 9.86. The predicted octanol–water partition coefficient (Wildman–Crippen LogP) is 1.47. The third kappa shape index (κ3) is 3.28. The number of hydrogen-bond donors (Lipinski definition) is 2. The van der Waals surface area contributed by atoms with Gasteiger partial charge in [0.2, 0.25) is 10.0 Å². The van der Waals surface area contributed by atoms with Crippen molar-refractivity contribution in [2.24, 2.45) is 10.9 Å². The summed E-state index contributed by atoms with van der Waals surface area (Å²) in [5, 5.41) is 5.89. The number of halogens is 1. The second-order valence-electron chi connectivity index (χ2n) is 4.60. The van der Waals surface area contributed by atoms with E-state index >= 15 is 0 Å². The van der Waals surface area contributed by atoms with Gasteiger partial charge < -0.3 is 5.73 Å². The molecule has 4 nitrogen and oxygen atoms in total. The van der Waals surface area contributed by atoms with Gasteiger partial charge in [-0.3, -0.25) is 0 Å². The van der Waals surface area contributed by atoms with Crippen LogP contribution in [-0.2, 0) is 22.0 Å². The Morgan fingerprint density at radius 2 is 1.94 bits per heavy atom. The van der Waals surface area contributed by atoms with Gasteiger partial charge in [-0.05, 0) is 17.2 Å². The summed E-state index contributed by atoms with van der Waals surface area (Å²) in [6.07, 6.45) is 0. The van der Waals surface area contributed by atoms with Crippen LogP contribution in [0.1, 0.15) is 25.0 Å². The molecule has 0 aliphatic rings. The van der Waals surface area contributed by atoms with E-state index in [-0.39, 0.29) is 16.9 Å². The van der Waals surface area contributed by atoms with Crippen molar-refractivity contribution >= 4 is 26.0 Å². The van der Waals surface area contributed by atoms with E-state index in [1.807, 2.05) is 19.9 Å². The standard InChI is InChI=1S/C11H17BrN2O2S/c1-11(2,7-12)9-4-3-8(6-13)5-10(9)17(14,15)16/h3-5H,6-7,13H2,1-2H3,(H2,14,15,16). The Morgan fingerprint density at radius 3 is 2.35 bits per heavy atom. The molecule has 0 saturated heterocycles. The van der Waals surface area contributed by atoms with E-state index in [9.17, 15) is 8.42 Å². The maximum atomic E-state index is 11.6. The molecule has 0 aliphatic carbocycles. The maximum absolute atomic E-state index is 11.6. The Bertz CT molecular complexity index is 512. The summed E-state index contributed by atoms with van der Waals surface area (Å²) in [7, 11) is -3.74. The fourth-order valence-corrected chi connectivity index (χ4v) is 2.83. The summed E-state index contributed by atoms with van der Waals surface area (Å²) in [5.74, 6) is 0. The van der Waals surface area contributed by atoms with Crippen LogP contribution < -0.4 is 10.9 Å².